The van der Waals surface area contributed by atoms with E-state index >= 15 is 0 Å². The van der Waals surface area contributed by atoms with Gasteiger partial charge in [0.25, 0.3) is 0 Å². The SMILES string of the molecule is CC1CCOC1C(N)Cc1sccc1Br. The highest BCUT2D eigenvalue weighted by Gasteiger charge is 2.30. The molecule has 2 N–H and O–H groups in total. The monoisotopic (exact) mass is 289 g/mol. The highest BCUT2D eigenvalue weighted by molar-refractivity contribution is 9.10. The van der Waals surface area contributed by atoms with Gasteiger partial charge in [0.2, 0.25) is 0 Å². The van der Waals surface area contributed by atoms with Crippen molar-refractivity contribution in [1.29, 1.82) is 0 Å². The molecule has 2 heterocycles. The maximum absolute atomic E-state index is 6.19. The van der Waals surface area contributed by atoms with E-state index < -0.39 is 0 Å². The zero-order chi connectivity index (χ0) is 10.8. The van der Waals surface area contributed by atoms with Crippen LogP contribution in [0.2, 0.25) is 0 Å². The second kappa shape index (κ2) is 4.95. The van der Waals surface area contributed by atoms with Gasteiger partial charge in [-0.3, -0.25) is 0 Å². The van der Waals surface area contributed by atoms with E-state index in [0.717, 1.165) is 19.4 Å². The minimum Gasteiger partial charge on any atom is -0.376 e. The predicted molar refractivity (Wildman–Crippen MR) is 67.2 cm³/mol. The highest BCUT2D eigenvalue weighted by Crippen LogP contribution is 2.28. The Labute approximate surface area is 103 Å². The summed E-state index contributed by atoms with van der Waals surface area (Å²) >= 11 is 5.29. The first-order valence-corrected chi connectivity index (χ1v) is 6.95. The minimum absolute atomic E-state index is 0.123. The quantitative estimate of drug-likeness (QED) is 0.929. The van der Waals surface area contributed by atoms with Crippen LogP contribution in [0.25, 0.3) is 0 Å². The molecule has 0 spiro atoms. The number of ether oxygens (including phenoxy) is 1. The number of nitrogens with two attached hydrogens (primary N) is 1. The molecule has 15 heavy (non-hydrogen) atoms. The molecule has 0 aromatic carbocycles. The Balaban J connectivity index is 1.97. The lowest BCUT2D eigenvalue weighted by Gasteiger charge is -2.22. The molecular weight excluding hydrogens is 274 g/mol. The summed E-state index contributed by atoms with van der Waals surface area (Å²) in [6.45, 7) is 3.09. The number of hydrogen-bond acceptors (Lipinski definition) is 3. The molecule has 1 aliphatic rings. The Morgan fingerprint density at radius 1 is 1.73 bits per heavy atom. The van der Waals surface area contributed by atoms with Crippen LogP contribution >= 0.6 is 27.3 Å². The van der Waals surface area contributed by atoms with Gasteiger partial charge in [-0.05, 0) is 39.7 Å². The third-order valence-electron chi connectivity index (χ3n) is 2.98. The lowest BCUT2D eigenvalue weighted by molar-refractivity contribution is 0.0728. The van der Waals surface area contributed by atoms with Crippen LogP contribution in [-0.4, -0.2) is 18.8 Å². The Morgan fingerprint density at radius 3 is 3.07 bits per heavy atom. The fourth-order valence-corrected chi connectivity index (χ4v) is 3.65. The molecule has 0 bridgehead atoms. The number of thiophene rings is 1. The van der Waals surface area contributed by atoms with Crippen LogP contribution in [0.15, 0.2) is 15.9 Å². The van der Waals surface area contributed by atoms with Gasteiger partial charge in [-0.2, -0.15) is 0 Å². The van der Waals surface area contributed by atoms with Gasteiger partial charge in [0.1, 0.15) is 0 Å². The van der Waals surface area contributed by atoms with Crippen molar-refractivity contribution < 1.29 is 4.74 Å². The van der Waals surface area contributed by atoms with E-state index in [-0.39, 0.29) is 12.1 Å². The molecule has 0 aliphatic carbocycles. The molecule has 0 amide bonds. The van der Waals surface area contributed by atoms with Crippen LogP contribution in [-0.2, 0) is 11.2 Å². The van der Waals surface area contributed by atoms with E-state index in [9.17, 15) is 0 Å². The smallest absolute Gasteiger partial charge is 0.0755 e. The van der Waals surface area contributed by atoms with Crippen LogP contribution in [0, 0.1) is 5.92 Å². The lowest BCUT2D eigenvalue weighted by atomic mass is 9.96. The molecule has 1 aromatic heterocycles. The van der Waals surface area contributed by atoms with E-state index in [4.69, 9.17) is 10.5 Å². The first-order valence-electron chi connectivity index (χ1n) is 5.27. The Morgan fingerprint density at radius 2 is 2.53 bits per heavy atom. The molecule has 1 aliphatic heterocycles. The molecular formula is C11H16BrNOS. The summed E-state index contributed by atoms with van der Waals surface area (Å²) in [5.74, 6) is 0.596. The zero-order valence-corrected chi connectivity index (χ0v) is 11.2. The summed E-state index contributed by atoms with van der Waals surface area (Å²) in [5.41, 5.74) is 6.19. The van der Waals surface area contributed by atoms with Crippen LogP contribution < -0.4 is 5.73 Å². The third kappa shape index (κ3) is 2.61. The number of hydrogen-bond donors (Lipinski definition) is 1. The topological polar surface area (TPSA) is 35.2 Å². The first-order chi connectivity index (χ1) is 7.18. The Bertz CT molecular complexity index is 328. The van der Waals surface area contributed by atoms with Gasteiger partial charge in [-0.25, -0.2) is 0 Å². The van der Waals surface area contributed by atoms with Crippen molar-refractivity contribution in [1.82, 2.24) is 0 Å². The fraction of sp³-hybridized carbons (Fsp3) is 0.636. The second-order valence-corrected chi connectivity index (χ2v) is 6.02. The largest absolute Gasteiger partial charge is 0.376 e. The van der Waals surface area contributed by atoms with Gasteiger partial charge >= 0.3 is 0 Å². The second-order valence-electron chi connectivity index (χ2n) is 4.16. The van der Waals surface area contributed by atoms with Gasteiger partial charge in [0, 0.05) is 28.4 Å². The van der Waals surface area contributed by atoms with Gasteiger partial charge in [-0.15, -0.1) is 11.3 Å². The summed E-state index contributed by atoms with van der Waals surface area (Å²) in [4.78, 5) is 1.32. The molecule has 1 aromatic rings. The molecule has 84 valence electrons. The molecule has 0 radical (unpaired) electrons. The van der Waals surface area contributed by atoms with Crippen molar-refractivity contribution in [2.24, 2.45) is 11.7 Å². The Kier molecular flexibility index (Phi) is 3.83. The summed E-state index contributed by atoms with van der Waals surface area (Å²) in [6.07, 6.45) is 2.29. The van der Waals surface area contributed by atoms with Crippen molar-refractivity contribution >= 4 is 27.3 Å². The fourth-order valence-electron chi connectivity index (χ4n) is 2.07. The van der Waals surface area contributed by atoms with E-state index in [1.807, 2.05) is 0 Å². The van der Waals surface area contributed by atoms with Crippen molar-refractivity contribution in [3.63, 3.8) is 0 Å². The molecule has 2 rings (SSSR count). The van der Waals surface area contributed by atoms with Crippen LogP contribution in [0.5, 0.6) is 0 Å². The van der Waals surface area contributed by atoms with Gasteiger partial charge < -0.3 is 10.5 Å². The maximum atomic E-state index is 6.19. The van der Waals surface area contributed by atoms with E-state index in [0.29, 0.717) is 5.92 Å². The first kappa shape index (κ1) is 11.6. The third-order valence-corrected chi connectivity index (χ3v) is 4.93. The van der Waals surface area contributed by atoms with Gasteiger partial charge in [0.05, 0.1) is 6.10 Å². The van der Waals surface area contributed by atoms with E-state index in [1.165, 1.54) is 9.35 Å². The molecule has 1 fully saturated rings. The summed E-state index contributed by atoms with van der Waals surface area (Å²) in [5, 5.41) is 2.09. The lowest BCUT2D eigenvalue weighted by Crippen LogP contribution is -2.39. The van der Waals surface area contributed by atoms with Crippen LogP contribution in [0.1, 0.15) is 18.2 Å². The molecule has 3 atom stereocenters. The minimum atomic E-state index is 0.123. The average Bonchev–Trinajstić information content (AvgIpc) is 2.76. The number of rotatable bonds is 3. The van der Waals surface area contributed by atoms with Crippen LogP contribution in [0.3, 0.4) is 0 Å². The standard InChI is InChI=1S/C11H16BrNOS/c1-7-2-4-14-11(7)9(13)6-10-8(12)3-5-15-10/h3,5,7,9,11H,2,4,6,13H2,1H3. The van der Waals surface area contributed by atoms with Crippen molar-refractivity contribution in [3.05, 3.63) is 20.8 Å². The molecule has 2 nitrogen and oxygen atoms in total. The Hall–Kier alpha value is 0.100. The molecule has 3 unspecified atom stereocenters. The van der Waals surface area contributed by atoms with E-state index in [1.54, 1.807) is 11.3 Å². The van der Waals surface area contributed by atoms with Crippen LogP contribution in [0.4, 0.5) is 0 Å². The molecule has 0 saturated carbocycles. The van der Waals surface area contributed by atoms with Crippen molar-refractivity contribution in [3.8, 4) is 0 Å². The summed E-state index contributed by atoms with van der Waals surface area (Å²) < 4.78 is 6.85. The zero-order valence-electron chi connectivity index (χ0n) is 8.78. The predicted octanol–water partition coefficient (Wildman–Crippen LogP) is 2.81. The van der Waals surface area contributed by atoms with Crippen molar-refractivity contribution in [2.75, 3.05) is 6.61 Å². The molecule has 1 saturated heterocycles. The number of halogens is 1. The van der Waals surface area contributed by atoms with Crippen molar-refractivity contribution in [2.45, 2.75) is 31.9 Å². The normalized spacial score (nSPS) is 28.2. The van der Waals surface area contributed by atoms with E-state index in [2.05, 4.69) is 34.3 Å². The van der Waals surface area contributed by atoms with Gasteiger partial charge in [0.15, 0.2) is 0 Å². The highest BCUT2D eigenvalue weighted by atomic mass is 79.9. The maximum Gasteiger partial charge on any atom is 0.0755 e. The summed E-state index contributed by atoms with van der Waals surface area (Å²) in [7, 11) is 0. The van der Waals surface area contributed by atoms with Gasteiger partial charge in [-0.1, -0.05) is 6.92 Å². The average molecular weight is 290 g/mol. The molecule has 4 heteroatoms. The summed E-state index contributed by atoms with van der Waals surface area (Å²) in [6, 6.07) is 2.20.